The molecule has 0 heterocycles. The van der Waals surface area contributed by atoms with Gasteiger partial charge in [-0.25, -0.2) is 4.39 Å². The SMILES string of the molecule is Oc1ccc(CNCc2cc(O)cc(F)c2)cc1. The van der Waals surface area contributed by atoms with Crippen LogP contribution in [0.5, 0.6) is 11.5 Å². The Labute approximate surface area is 105 Å². The molecular formula is C14H14FNO2. The van der Waals surface area contributed by atoms with Gasteiger partial charge in [0.25, 0.3) is 0 Å². The Balaban J connectivity index is 1.90. The predicted octanol–water partition coefficient (Wildman–Crippen LogP) is 2.53. The molecule has 0 spiro atoms. The normalized spacial score (nSPS) is 10.5. The van der Waals surface area contributed by atoms with Crippen LogP contribution in [0.4, 0.5) is 4.39 Å². The number of benzene rings is 2. The Kier molecular flexibility index (Phi) is 3.79. The third-order valence-corrected chi connectivity index (χ3v) is 2.54. The van der Waals surface area contributed by atoms with Crippen molar-refractivity contribution in [1.29, 1.82) is 0 Å². The Bertz CT molecular complexity index is 506. The lowest BCUT2D eigenvalue weighted by molar-refractivity contribution is 0.467. The molecule has 4 heteroatoms. The van der Waals surface area contributed by atoms with Crippen molar-refractivity contribution in [2.24, 2.45) is 0 Å². The van der Waals surface area contributed by atoms with E-state index in [4.69, 9.17) is 5.11 Å². The van der Waals surface area contributed by atoms with E-state index in [1.54, 1.807) is 12.1 Å². The van der Waals surface area contributed by atoms with Crippen LogP contribution < -0.4 is 5.32 Å². The molecule has 0 aliphatic carbocycles. The summed E-state index contributed by atoms with van der Waals surface area (Å²) in [5, 5.41) is 21.5. The fraction of sp³-hybridized carbons (Fsp3) is 0.143. The van der Waals surface area contributed by atoms with E-state index in [1.165, 1.54) is 12.1 Å². The smallest absolute Gasteiger partial charge is 0.127 e. The van der Waals surface area contributed by atoms with Crippen LogP contribution in [0, 0.1) is 5.82 Å². The molecule has 0 aliphatic heterocycles. The van der Waals surface area contributed by atoms with Crippen LogP contribution in [0.15, 0.2) is 42.5 Å². The minimum Gasteiger partial charge on any atom is -0.508 e. The van der Waals surface area contributed by atoms with Gasteiger partial charge in [0.1, 0.15) is 17.3 Å². The molecule has 0 aliphatic rings. The van der Waals surface area contributed by atoms with Gasteiger partial charge in [-0.1, -0.05) is 12.1 Å². The zero-order chi connectivity index (χ0) is 13.0. The van der Waals surface area contributed by atoms with Gasteiger partial charge in [-0.15, -0.1) is 0 Å². The summed E-state index contributed by atoms with van der Waals surface area (Å²) in [5.74, 6) is -0.290. The van der Waals surface area contributed by atoms with Crippen LogP contribution in [0.1, 0.15) is 11.1 Å². The number of aromatic hydroxyl groups is 2. The van der Waals surface area contributed by atoms with Gasteiger partial charge in [-0.2, -0.15) is 0 Å². The fourth-order valence-electron chi connectivity index (χ4n) is 1.70. The second-order valence-corrected chi connectivity index (χ2v) is 4.09. The summed E-state index contributed by atoms with van der Waals surface area (Å²) in [5.41, 5.74) is 1.71. The maximum atomic E-state index is 13.0. The molecule has 0 fully saturated rings. The highest BCUT2D eigenvalue weighted by Crippen LogP contribution is 2.14. The average molecular weight is 247 g/mol. The van der Waals surface area contributed by atoms with Crippen molar-refractivity contribution in [3.8, 4) is 11.5 Å². The van der Waals surface area contributed by atoms with Crippen LogP contribution in [0.2, 0.25) is 0 Å². The van der Waals surface area contributed by atoms with Gasteiger partial charge in [-0.05, 0) is 35.4 Å². The van der Waals surface area contributed by atoms with E-state index in [2.05, 4.69) is 5.32 Å². The van der Waals surface area contributed by atoms with Crippen molar-refractivity contribution in [1.82, 2.24) is 5.32 Å². The Morgan fingerprint density at radius 3 is 2.17 bits per heavy atom. The molecule has 0 unspecified atom stereocenters. The van der Waals surface area contributed by atoms with E-state index < -0.39 is 5.82 Å². The lowest BCUT2D eigenvalue weighted by Crippen LogP contribution is -2.12. The molecule has 3 nitrogen and oxygen atoms in total. The number of nitrogens with one attached hydrogen (secondary N) is 1. The Morgan fingerprint density at radius 1 is 0.833 bits per heavy atom. The quantitative estimate of drug-likeness (QED) is 0.778. The van der Waals surface area contributed by atoms with Gasteiger partial charge in [-0.3, -0.25) is 0 Å². The standard InChI is InChI=1S/C14H14FNO2/c15-12-5-11(6-14(18)7-12)9-16-8-10-1-3-13(17)4-2-10/h1-7,16-18H,8-9H2. The van der Waals surface area contributed by atoms with Crippen molar-refractivity contribution in [3.63, 3.8) is 0 Å². The highest BCUT2D eigenvalue weighted by atomic mass is 19.1. The molecule has 0 saturated carbocycles. The molecule has 2 aromatic rings. The summed E-state index contributed by atoms with van der Waals surface area (Å²) in [6, 6.07) is 10.8. The molecule has 0 radical (unpaired) electrons. The summed E-state index contributed by atoms with van der Waals surface area (Å²) >= 11 is 0. The summed E-state index contributed by atoms with van der Waals surface area (Å²) in [6.07, 6.45) is 0. The lowest BCUT2D eigenvalue weighted by atomic mass is 10.2. The van der Waals surface area contributed by atoms with E-state index >= 15 is 0 Å². The number of phenols is 2. The highest BCUT2D eigenvalue weighted by Gasteiger charge is 2.00. The van der Waals surface area contributed by atoms with Crippen LogP contribution in [0.25, 0.3) is 0 Å². The van der Waals surface area contributed by atoms with Gasteiger partial charge in [0.2, 0.25) is 0 Å². The van der Waals surface area contributed by atoms with E-state index in [0.29, 0.717) is 18.7 Å². The van der Waals surface area contributed by atoms with Gasteiger partial charge in [0.05, 0.1) is 0 Å². The number of hydrogen-bond acceptors (Lipinski definition) is 3. The van der Waals surface area contributed by atoms with E-state index in [9.17, 15) is 9.50 Å². The van der Waals surface area contributed by atoms with Crippen molar-refractivity contribution < 1.29 is 14.6 Å². The number of hydrogen-bond donors (Lipinski definition) is 3. The van der Waals surface area contributed by atoms with Gasteiger partial charge < -0.3 is 15.5 Å². The molecule has 94 valence electrons. The minimum atomic E-state index is -0.448. The first kappa shape index (κ1) is 12.4. The molecule has 3 N–H and O–H groups in total. The first-order chi connectivity index (χ1) is 8.63. The van der Waals surface area contributed by atoms with Crippen molar-refractivity contribution in [2.45, 2.75) is 13.1 Å². The largest absolute Gasteiger partial charge is 0.508 e. The maximum Gasteiger partial charge on any atom is 0.127 e. The number of rotatable bonds is 4. The molecule has 0 atom stereocenters. The van der Waals surface area contributed by atoms with Crippen LogP contribution in [-0.2, 0) is 13.1 Å². The molecule has 2 aromatic carbocycles. The molecule has 0 aromatic heterocycles. The maximum absolute atomic E-state index is 13.0. The second kappa shape index (κ2) is 5.51. The van der Waals surface area contributed by atoms with Crippen molar-refractivity contribution >= 4 is 0 Å². The zero-order valence-electron chi connectivity index (χ0n) is 9.73. The predicted molar refractivity (Wildman–Crippen MR) is 66.7 cm³/mol. The zero-order valence-corrected chi connectivity index (χ0v) is 9.73. The number of halogens is 1. The Hall–Kier alpha value is -2.07. The Morgan fingerprint density at radius 2 is 1.50 bits per heavy atom. The highest BCUT2D eigenvalue weighted by molar-refractivity contribution is 5.29. The molecule has 0 bridgehead atoms. The summed E-state index contributed by atoms with van der Waals surface area (Å²) in [4.78, 5) is 0. The lowest BCUT2D eigenvalue weighted by Gasteiger charge is -2.06. The molecule has 0 amide bonds. The van der Waals surface area contributed by atoms with Gasteiger partial charge >= 0.3 is 0 Å². The molecule has 18 heavy (non-hydrogen) atoms. The van der Waals surface area contributed by atoms with E-state index in [1.807, 2.05) is 12.1 Å². The molecular weight excluding hydrogens is 233 g/mol. The van der Waals surface area contributed by atoms with Gasteiger partial charge in [0.15, 0.2) is 0 Å². The topological polar surface area (TPSA) is 52.5 Å². The minimum absolute atomic E-state index is 0.0727. The molecule has 2 rings (SSSR count). The first-order valence-electron chi connectivity index (χ1n) is 5.60. The van der Waals surface area contributed by atoms with Crippen molar-refractivity contribution in [3.05, 3.63) is 59.4 Å². The molecule has 0 saturated heterocycles. The first-order valence-corrected chi connectivity index (χ1v) is 5.60. The third kappa shape index (κ3) is 3.46. The fourth-order valence-corrected chi connectivity index (χ4v) is 1.70. The van der Waals surface area contributed by atoms with E-state index in [0.717, 1.165) is 11.6 Å². The average Bonchev–Trinajstić information content (AvgIpc) is 2.30. The van der Waals surface area contributed by atoms with E-state index in [-0.39, 0.29) is 11.5 Å². The summed E-state index contributed by atoms with van der Waals surface area (Å²) < 4.78 is 13.0. The van der Waals surface area contributed by atoms with Crippen LogP contribution in [0.3, 0.4) is 0 Å². The van der Waals surface area contributed by atoms with Crippen LogP contribution >= 0.6 is 0 Å². The monoisotopic (exact) mass is 247 g/mol. The van der Waals surface area contributed by atoms with Crippen LogP contribution in [-0.4, -0.2) is 10.2 Å². The third-order valence-electron chi connectivity index (χ3n) is 2.54. The van der Waals surface area contributed by atoms with Gasteiger partial charge in [0, 0.05) is 19.2 Å². The van der Waals surface area contributed by atoms with Crippen molar-refractivity contribution in [2.75, 3.05) is 0 Å². The number of phenolic OH excluding ortho intramolecular Hbond substituents is 2. The summed E-state index contributed by atoms with van der Waals surface area (Å²) in [6.45, 7) is 1.07. The summed E-state index contributed by atoms with van der Waals surface area (Å²) in [7, 11) is 0. The second-order valence-electron chi connectivity index (χ2n) is 4.09.